The van der Waals surface area contributed by atoms with Crippen LogP contribution in [0.5, 0.6) is 0 Å². The van der Waals surface area contributed by atoms with Crippen LogP contribution < -0.4 is 5.32 Å². The number of nitrogens with zero attached hydrogens (tertiary/aromatic N) is 2. The van der Waals surface area contributed by atoms with Gasteiger partial charge in [0.15, 0.2) is 0 Å². The summed E-state index contributed by atoms with van der Waals surface area (Å²) in [5.41, 5.74) is 0.870. The van der Waals surface area contributed by atoms with Crippen molar-refractivity contribution in [1.82, 2.24) is 9.78 Å². The van der Waals surface area contributed by atoms with E-state index in [2.05, 4.69) is 10.4 Å². The average Bonchev–Trinajstić information content (AvgIpc) is 2.54. The maximum absolute atomic E-state index is 11.5. The molecule has 1 unspecified atom stereocenters. The molecule has 0 spiro atoms. The van der Waals surface area contributed by atoms with Crippen molar-refractivity contribution in [2.24, 2.45) is 7.05 Å². The van der Waals surface area contributed by atoms with Crippen molar-refractivity contribution < 1.29 is 9.90 Å². The lowest BCUT2D eigenvalue weighted by Crippen LogP contribution is -2.18. The molecule has 1 atom stereocenters. The molecule has 16 heavy (non-hydrogen) atoms. The Balaban J connectivity index is 2.43. The number of aryl methyl sites for hydroxylation is 2. The van der Waals surface area contributed by atoms with Crippen molar-refractivity contribution in [3.8, 4) is 0 Å². The van der Waals surface area contributed by atoms with Gasteiger partial charge in [0.05, 0.1) is 18.1 Å². The number of anilines is 1. The number of carbonyl (C=O) groups is 1. The Morgan fingerprint density at radius 3 is 2.94 bits per heavy atom. The zero-order chi connectivity index (χ0) is 12.1. The molecule has 1 rings (SSSR count). The van der Waals surface area contributed by atoms with Gasteiger partial charge in [-0.2, -0.15) is 5.10 Å². The van der Waals surface area contributed by atoms with Gasteiger partial charge in [0, 0.05) is 18.4 Å². The van der Waals surface area contributed by atoms with Crippen LogP contribution >= 0.6 is 11.8 Å². The lowest BCUT2D eigenvalue weighted by atomic mass is 10.4. The van der Waals surface area contributed by atoms with Crippen molar-refractivity contribution in [2.45, 2.75) is 19.1 Å². The first-order valence-corrected chi connectivity index (χ1v) is 6.10. The highest BCUT2D eigenvalue weighted by atomic mass is 32.2. The van der Waals surface area contributed by atoms with Gasteiger partial charge in [-0.15, -0.1) is 11.8 Å². The van der Waals surface area contributed by atoms with Gasteiger partial charge in [-0.25, -0.2) is 0 Å². The van der Waals surface area contributed by atoms with Crippen LogP contribution in [0.15, 0.2) is 6.07 Å². The van der Waals surface area contributed by atoms with Crippen molar-refractivity contribution in [3.63, 3.8) is 0 Å². The number of aromatic nitrogens is 2. The van der Waals surface area contributed by atoms with Gasteiger partial charge in [-0.05, 0) is 6.92 Å². The summed E-state index contributed by atoms with van der Waals surface area (Å²) in [6.45, 7) is 3.84. The predicted molar refractivity (Wildman–Crippen MR) is 65.6 cm³/mol. The van der Waals surface area contributed by atoms with E-state index in [1.165, 1.54) is 11.8 Å². The lowest BCUT2D eigenvalue weighted by molar-refractivity contribution is -0.113. The predicted octanol–water partition coefficient (Wildman–Crippen LogP) is 0.781. The fourth-order valence-corrected chi connectivity index (χ4v) is 1.79. The Hall–Kier alpha value is -1.01. The fraction of sp³-hybridized carbons (Fsp3) is 0.600. The second-order valence-corrected chi connectivity index (χ2v) is 5.07. The maximum Gasteiger partial charge on any atom is 0.235 e. The van der Waals surface area contributed by atoms with E-state index in [4.69, 9.17) is 5.11 Å². The number of hydrogen-bond acceptors (Lipinski definition) is 4. The highest BCUT2D eigenvalue weighted by Crippen LogP contribution is 2.12. The quantitative estimate of drug-likeness (QED) is 0.802. The number of amides is 1. The number of aliphatic hydroxyl groups is 1. The summed E-state index contributed by atoms with van der Waals surface area (Å²) < 4.78 is 1.63. The van der Waals surface area contributed by atoms with Crippen molar-refractivity contribution in [1.29, 1.82) is 0 Å². The Bertz CT molecular complexity index is 365. The molecule has 0 saturated heterocycles. The third-order valence-electron chi connectivity index (χ3n) is 2.03. The number of thioether (sulfide) groups is 1. The molecular formula is C10H17N3O2S. The van der Waals surface area contributed by atoms with E-state index >= 15 is 0 Å². The van der Waals surface area contributed by atoms with Crippen LogP contribution in [0.25, 0.3) is 0 Å². The monoisotopic (exact) mass is 243 g/mol. The van der Waals surface area contributed by atoms with Crippen molar-refractivity contribution in [3.05, 3.63) is 11.8 Å². The van der Waals surface area contributed by atoms with Crippen LogP contribution in [0.2, 0.25) is 0 Å². The summed E-state index contributed by atoms with van der Waals surface area (Å²) in [5, 5.41) is 15.8. The summed E-state index contributed by atoms with van der Waals surface area (Å²) in [7, 11) is 1.78. The van der Waals surface area contributed by atoms with Gasteiger partial charge >= 0.3 is 0 Å². The Morgan fingerprint density at radius 2 is 2.44 bits per heavy atom. The molecule has 1 aromatic heterocycles. The molecule has 1 heterocycles. The summed E-state index contributed by atoms with van der Waals surface area (Å²) in [5.74, 6) is 0.958. The number of aliphatic hydroxyl groups excluding tert-OH is 1. The number of carbonyl (C=O) groups excluding carboxylic acids is 1. The van der Waals surface area contributed by atoms with Gasteiger partial charge in [0.1, 0.15) is 5.82 Å². The molecule has 0 bridgehead atoms. The second-order valence-electron chi connectivity index (χ2n) is 3.65. The first-order valence-electron chi connectivity index (χ1n) is 5.06. The molecule has 0 fully saturated rings. The third kappa shape index (κ3) is 3.86. The molecule has 0 radical (unpaired) electrons. The molecule has 2 N–H and O–H groups in total. The van der Waals surface area contributed by atoms with E-state index in [1.807, 2.05) is 19.9 Å². The smallest absolute Gasteiger partial charge is 0.235 e. The van der Waals surface area contributed by atoms with Gasteiger partial charge in [0.25, 0.3) is 0 Å². The molecule has 0 saturated carbocycles. The zero-order valence-electron chi connectivity index (χ0n) is 9.73. The van der Waals surface area contributed by atoms with Gasteiger partial charge in [0.2, 0.25) is 5.91 Å². The van der Waals surface area contributed by atoms with Crippen molar-refractivity contribution >= 4 is 23.5 Å². The minimum Gasteiger partial charge on any atom is -0.395 e. The third-order valence-corrected chi connectivity index (χ3v) is 3.17. The summed E-state index contributed by atoms with van der Waals surface area (Å²) in [6.07, 6.45) is 0. The van der Waals surface area contributed by atoms with E-state index in [0.717, 1.165) is 5.69 Å². The molecule has 0 aliphatic carbocycles. The van der Waals surface area contributed by atoms with Crippen LogP contribution in [0.3, 0.4) is 0 Å². The minimum absolute atomic E-state index is 0.0756. The topological polar surface area (TPSA) is 67.2 Å². The van der Waals surface area contributed by atoms with Gasteiger partial charge < -0.3 is 10.4 Å². The first kappa shape index (κ1) is 13.1. The molecule has 0 aliphatic heterocycles. The van der Waals surface area contributed by atoms with Crippen LogP contribution in [0.1, 0.15) is 12.6 Å². The molecular weight excluding hydrogens is 226 g/mol. The Kier molecular flexibility index (Phi) is 4.82. The lowest BCUT2D eigenvalue weighted by Gasteiger charge is -2.08. The highest BCUT2D eigenvalue weighted by Gasteiger charge is 2.09. The number of hydrogen-bond donors (Lipinski definition) is 2. The van der Waals surface area contributed by atoms with Crippen molar-refractivity contribution in [2.75, 3.05) is 17.7 Å². The number of rotatable bonds is 5. The molecule has 6 heteroatoms. The fourth-order valence-electron chi connectivity index (χ4n) is 1.18. The second kappa shape index (κ2) is 5.91. The van der Waals surface area contributed by atoms with Gasteiger partial charge in [-0.3, -0.25) is 9.48 Å². The molecule has 0 aromatic carbocycles. The standard InChI is InChI=1S/C10H17N3O2S/c1-7-4-9(13(3)12-7)11-10(15)6-16-8(2)5-14/h4,8,14H,5-6H2,1-3H3,(H,11,15). The highest BCUT2D eigenvalue weighted by molar-refractivity contribution is 8.00. The molecule has 5 nitrogen and oxygen atoms in total. The van der Waals surface area contributed by atoms with Crippen LogP contribution in [0, 0.1) is 6.92 Å². The molecule has 0 aliphatic rings. The van der Waals surface area contributed by atoms with E-state index in [-0.39, 0.29) is 17.8 Å². The Morgan fingerprint density at radius 1 is 1.75 bits per heavy atom. The maximum atomic E-state index is 11.5. The average molecular weight is 243 g/mol. The van der Waals surface area contributed by atoms with E-state index in [9.17, 15) is 4.79 Å². The SMILES string of the molecule is Cc1cc(NC(=O)CSC(C)CO)n(C)n1. The van der Waals surface area contributed by atoms with E-state index in [1.54, 1.807) is 11.7 Å². The van der Waals surface area contributed by atoms with E-state index in [0.29, 0.717) is 11.6 Å². The van der Waals surface area contributed by atoms with Crippen LogP contribution in [0.4, 0.5) is 5.82 Å². The molecule has 1 aromatic rings. The summed E-state index contributed by atoms with van der Waals surface area (Å²) in [6, 6.07) is 1.82. The van der Waals surface area contributed by atoms with Gasteiger partial charge in [-0.1, -0.05) is 6.92 Å². The Labute approximate surface area is 99.2 Å². The molecule has 90 valence electrons. The number of nitrogens with one attached hydrogen (secondary N) is 1. The zero-order valence-corrected chi connectivity index (χ0v) is 10.5. The van der Waals surface area contributed by atoms with Crippen LogP contribution in [-0.2, 0) is 11.8 Å². The summed E-state index contributed by atoms with van der Waals surface area (Å²) in [4.78, 5) is 11.5. The normalized spacial score (nSPS) is 12.5. The van der Waals surface area contributed by atoms with Crippen LogP contribution in [-0.4, -0.2) is 38.4 Å². The largest absolute Gasteiger partial charge is 0.395 e. The molecule has 1 amide bonds. The minimum atomic E-state index is -0.0756. The summed E-state index contributed by atoms with van der Waals surface area (Å²) >= 11 is 1.42. The first-order chi connectivity index (χ1) is 7.52. The van der Waals surface area contributed by atoms with E-state index < -0.39 is 0 Å².